The van der Waals surface area contributed by atoms with E-state index in [0.717, 1.165) is 12.2 Å². The summed E-state index contributed by atoms with van der Waals surface area (Å²) in [4.78, 5) is 10.2. The highest BCUT2D eigenvalue weighted by Crippen LogP contribution is 2.16. The van der Waals surface area contributed by atoms with Gasteiger partial charge in [-0.3, -0.25) is 0 Å². The number of halogens is 1. The molecule has 1 aliphatic heterocycles. The number of carbonyl (C=O) groups is 1. The Morgan fingerprint density at radius 2 is 2.00 bits per heavy atom. The molecular weight excluding hydrogens is 137 g/mol. The van der Waals surface area contributed by atoms with Crippen molar-refractivity contribution in [1.82, 2.24) is 5.32 Å². The topological polar surface area (TPSA) is 49.3 Å². The van der Waals surface area contributed by atoms with Crippen molar-refractivity contribution in [2.75, 3.05) is 0 Å². The molecule has 10 heavy (non-hydrogen) atoms. The van der Waals surface area contributed by atoms with Crippen molar-refractivity contribution in [2.45, 2.75) is 5.67 Å². The lowest BCUT2D eigenvalue weighted by Crippen LogP contribution is -2.31. The summed E-state index contributed by atoms with van der Waals surface area (Å²) in [5.41, 5.74) is -2.33. The van der Waals surface area contributed by atoms with Gasteiger partial charge in [0.25, 0.3) is 0 Å². The lowest BCUT2D eigenvalue weighted by molar-refractivity contribution is -0.144. The molecule has 0 saturated carbocycles. The monoisotopic (exact) mass is 143 g/mol. The molecule has 2 N–H and O–H groups in total. The Labute approximate surface area is 56.9 Å². The first-order chi connectivity index (χ1) is 4.65. The maximum Gasteiger partial charge on any atom is 0.349 e. The molecule has 4 heteroatoms. The van der Waals surface area contributed by atoms with Crippen LogP contribution in [-0.4, -0.2) is 16.7 Å². The van der Waals surface area contributed by atoms with E-state index in [0.29, 0.717) is 0 Å². The van der Waals surface area contributed by atoms with Gasteiger partial charge in [0.1, 0.15) is 0 Å². The van der Waals surface area contributed by atoms with E-state index in [2.05, 4.69) is 5.32 Å². The second kappa shape index (κ2) is 2.13. The number of alkyl halides is 1. The Bertz CT molecular complexity index is 198. The Balaban J connectivity index is 2.85. The first-order valence-electron chi connectivity index (χ1n) is 2.69. The number of hydrogen-bond donors (Lipinski definition) is 2. The molecule has 0 fully saturated rings. The van der Waals surface area contributed by atoms with Crippen LogP contribution in [0.1, 0.15) is 0 Å². The van der Waals surface area contributed by atoms with E-state index in [1.165, 1.54) is 12.4 Å². The van der Waals surface area contributed by atoms with Crippen LogP contribution in [0.5, 0.6) is 0 Å². The second-order valence-corrected chi connectivity index (χ2v) is 1.91. The molecule has 0 amide bonds. The Morgan fingerprint density at radius 3 is 2.30 bits per heavy atom. The fraction of sp³-hybridized carbons (Fsp3) is 0.167. The van der Waals surface area contributed by atoms with Crippen molar-refractivity contribution in [1.29, 1.82) is 0 Å². The largest absolute Gasteiger partial charge is 0.478 e. The normalized spacial score (nSPS) is 20.1. The van der Waals surface area contributed by atoms with Crippen LogP contribution in [-0.2, 0) is 4.79 Å². The van der Waals surface area contributed by atoms with E-state index in [1.54, 1.807) is 0 Å². The van der Waals surface area contributed by atoms with E-state index >= 15 is 0 Å². The highest BCUT2D eigenvalue weighted by atomic mass is 19.1. The average Bonchev–Trinajstić information content (AvgIpc) is 1.89. The van der Waals surface area contributed by atoms with Crippen molar-refractivity contribution < 1.29 is 14.3 Å². The Morgan fingerprint density at radius 1 is 1.50 bits per heavy atom. The van der Waals surface area contributed by atoms with Crippen LogP contribution < -0.4 is 5.32 Å². The van der Waals surface area contributed by atoms with Crippen molar-refractivity contribution in [2.24, 2.45) is 0 Å². The first kappa shape index (κ1) is 6.80. The van der Waals surface area contributed by atoms with E-state index in [1.807, 2.05) is 0 Å². The summed E-state index contributed by atoms with van der Waals surface area (Å²) in [6.45, 7) is 0. The molecule has 0 radical (unpaired) electrons. The zero-order chi connectivity index (χ0) is 7.61. The van der Waals surface area contributed by atoms with E-state index < -0.39 is 11.6 Å². The molecule has 1 aliphatic rings. The highest BCUT2D eigenvalue weighted by molar-refractivity contribution is 5.82. The van der Waals surface area contributed by atoms with Gasteiger partial charge < -0.3 is 10.4 Å². The van der Waals surface area contributed by atoms with Gasteiger partial charge in [-0.15, -0.1) is 0 Å². The number of rotatable bonds is 1. The molecule has 0 aromatic heterocycles. The maximum atomic E-state index is 12.9. The van der Waals surface area contributed by atoms with E-state index in [4.69, 9.17) is 5.11 Å². The van der Waals surface area contributed by atoms with Crippen LogP contribution >= 0.6 is 0 Å². The quantitative estimate of drug-likeness (QED) is 0.559. The standard InChI is InChI=1S/C6H6FNO2/c7-6(5(9)10)1-3-8-4-2-6/h1-4,8H,(H,9,10). The number of carboxylic acid groups (broad SMARTS) is 1. The smallest absolute Gasteiger partial charge is 0.349 e. The van der Waals surface area contributed by atoms with Crippen LogP contribution in [0, 0.1) is 0 Å². The van der Waals surface area contributed by atoms with Crippen molar-refractivity contribution >= 4 is 5.97 Å². The summed E-state index contributed by atoms with van der Waals surface area (Å²) in [6.07, 6.45) is 4.37. The fourth-order valence-corrected chi connectivity index (χ4v) is 0.592. The third-order valence-electron chi connectivity index (χ3n) is 1.17. The molecular formula is C6H6FNO2. The summed E-state index contributed by atoms with van der Waals surface area (Å²) in [7, 11) is 0. The van der Waals surface area contributed by atoms with Gasteiger partial charge in [-0.25, -0.2) is 9.18 Å². The predicted molar refractivity (Wildman–Crippen MR) is 32.9 cm³/mol. The molecule has 0 atom stereocenters. The summed E-state index contributed by atoms with van der Waals surface area (Å²) in [6, 6.07) is 0. The van der Waals surface area contributed by atoms with Crippen molar-refractivity contribution in [3.8, 4) is 0 Å². The van der Waals surface area contributed by atoms with Gasteiger partial charge >= 0.3 is 5.97 Å². The van der Waals surface area contributed by atoms with Crippen LogP contribution in [0.4, 0.5) is 4.39 Å². The van der Waals surface area contributed by atoms with Gasteiger partial charge in [-0.1, -0.05) is 0 Å². The van der Waals surface area contributed by atoms with Crippen molar-refractivity contribution in [3.63, 3.8) is 0 Å². The third-order valence-corrected chi connectivity index (χ3v) is 1.17. The zero-order valence-electron chi connectivity index (χ0n) is 5.04. The highest BCUT2D eigenvalue weighted by Gasteiger charge is 2.33. The number of nitrogens with one attached hydrogen (secondary N) is 1. The molecule has 0 spiro atoms. The summed E-state index contributed by atoms with van der Waals surface area (Å²) >= 11 is 0. The molecule has 0 aliphatic carbocycles. The lowest BCUT2D eigenvalue weighted by atomic mass is 10.1. The first-order valence-corrected chi connectivity index (χ1v) is 2.69. The Kier molecular flexibility index (Phi) is 1.45. The number of carboxylic acids is 1. The molecule has 1 rings (SSSR count). The van der Waals surface area contributed by atoms with Gasteiger partial charge in [0.05, 0.1) is 0 Å². The van der Waals surface area contributed by atoms with Crippen LogP contribution in [0.2, 0.25) is 0 Å². The van der Waals surface area contributed by atoms with Crippen LogP contribution in [0.3, 0.4) is 0 Å². The minimum absolute atomic E-state index is 0.940. The number of dihydropyridines is 1. The van der Waals surface area contributed by atoms with Gasteiger partial charge in [0.2, 0.25) is 5.67 Å². The van der Waals surface area contributed by atoms with Gasteiger partial charge in [0, 0.05) is 12.4 Å². The van der Waals surface area contributed by atoms with Crippen LogP contribution in [0.15, 0.2) is 24.6 Å². The average molecular weight is 143 g/mol. The second-order valence-electron chi connectivity index (χ2n) is 1.91. The summed E-state index contributed by atoms with van der Waals surface area (Å²) in [5.74, 6) is -1.50. The molecule has 0 aromatic carbocycles. The third kappa shape index (κ3) is 1.00. The zero-order valence-corrected chi connectivity index (χ0v) is 5.04. The van der Waals surface area contributed by atoms with Crippen molar-refractivity contribution in [3.05, 3.63) is 24.6 Å². The van der Waals surface area contributed by atoms with E-state index in [-0.39, 0.29) is 0 Å². The lowest BCUT2D eigenvalue weighted by Gasteiger charge is -2.13. The fourth-order valence-electron chi connectivity index (χ4n) is 0.592. The molecule has 3 nitrogen and oxygen atoms in total. The van der Waals surface area contributed by atoms with Crippen LogP contribution in [0.25, 0.3) is 0 Å². The molecule has 54 valence electrons. The molecule has 0 unspecified atom stereocenters. The number of hydrogen-bond acceptors (Lipinski definition) is 2. The van der Waals surface area contributed by atoms with E-state index in [9.17, 15) is 9.18 Å². The molecule has 0 saturated heterocycles. The van der Waals surface area contributed by atoms with Gasteiger partial charge in [-0.05, 0) is 12.2 Å². The Hall–Kier alpha value is -1.32. The minimum atomic E-state index is -2.33. The summed E-state index contributed by atoms with van der Waals surface area (Å²) < 4.78 is 12.9. The molecule has 1 heterocycles. The molecule has 0 bridgehead atoms. The minimum Gasteiger partial charge on any atom is -0.478 e. The summed E-state index contributed by atoms with van der Waals surface area (Å²) in [5, 5.41) is 10.8. The number of aliphatic carboxylic acids is 1. The van der Waals surface area contributed by atoms with Gasteiger partial charge in [0.15, 0.2) is 0 Å². The molecule has 0 aromatic rings. The maximum absolute atomic E-state index is 12.9. The van der Waals surface area contributed by atoms with Gasteiger partial charge in [-0.2, -0.15) is 0 Å². The predicted octanol–water partition coefficient (Wildman–Crippen LogP) is 0.410. The SMILES string of the molecule is O=C(O)C1(F)C=CNC=C1.